The molecule has 2 rings (SSSR count). The summed E-state index contributed by atoms with van der Waals surface area (Å²) in [5, 5.41) is 3.45. The highest BCUT2D eigenvalue weighted by atomic mass is 35.5. The van der Waals surface area contributed by atoms with Gasteiger partial charge >= 0.3 is 0 Å². The summed E-state index contributed by atoms with van der Waals surface area (Å²) in [6, 6.07) is 10.6. The number of anilines is 1. The minimum absolute atomic E-state index is 0.0289. The molecule has 1 N–H and O–H groups in total. The number of hydrogen-bond donors (Lipinski definition) is 1. The Hall–Kier alpha value is -2.49. The lowest BCUT2D eigenvalue weighted by Gasteiger charge is -2.32. The van der Waals surface area contributed by atoms with E-state index in [9.17, 15) is 18.0 Å². The number of para-hydroxylation sites is 2. The SMILES string of the molecule is CCCNC(=O)[C@@H](C)N(Cc1ccc(Cl)c(Cl)c1)C(=O)CN(c1ccccc1OCC)S(C)(=O)=O. The van der Waals surface area contributed by atoms with Gasteiger partial charge in [-0.05, 0) is 50.1 Å². The monoisotopic (exact) mass is 543 g/mol. The molecule has 0 aliphatic carbocycles. The standard InChI is InChI=1S/C24H31Cl2N3O5S/c1-5-13-27-24(31)17(3)28(15-18-11-12-19(25)20(26)14-18)23(30)16-29(35(4,32)33)21-9-7-8-10-22(21)34-6-2/h7-12,14,17H,5-6,13,15-16H2,1-4H3,(H,27,31)/t17-/m1/s1. The summed E-state index contributed by atoms with van der Waals surface area (Å²) in [6.07, 6.45) is 1.75. The van der Waals surface area contributed by atoms with E-state index in [2.05, 4.69) is 5.32 Å². The minimum Gasteiger partial charge on any atom is -0.492 e. The molecule has 2 aromatic rings. The first kappa shape index (κ1) is 28.7. The van der Waals surface area contributed by atoms with Gasteiger partial charge in [0, 0.05) is 13.1 Å². The van der Waals surface area contributed by atoms with Crippen LogP contribution >= 0.6 is 23.2 Å². The summed E-state index contributed by atoms with van der Waals surface area (Å²) in [4.78, 5) is 27.6. The van der Waals surface area contributed by atoms with Crippen LogP contribution in [0.3, 0.4) is 0 Å². The fraction of sp³-hybridized carbons (Fsp3) is 0.417. The van der Waals surface area contributed by atoms with E-state index in [0.29, 0.717) is 34.5 Å². The van der Waals surface area contributed by atoms with E-state index >= 15 is 0 Å². The van der Waals surface area contributed by atoms with Crippen molar-refractivity contribution in [3.63, 3.8) is 0 Å². The van der Waals surface area contributed by atoms with Gasteiger partial charge in [-0.2, -0.15) is 0 Å². The number of nitrogens with one attached hydrogen (secondary N) is 1. The zero-order valence-electron chi connectivity index (χ0n) is 20.3. The largest absolute Gasteiger partial charge is 0.492 e. The predicted molar refractivity (Wildman–Crippen MR) is 140 cm³/mol. The van der Waals surface area contributed by atoms with Crippen LogP contribution in [-0.2, 0) is 26.2 Å². The van der Waals surface area contributed by atoms with E-state index in [1.54, 1.807) is 56.3 Å². The molecule has 192 valence electrons. The van der Waals surface area contributed by atoms with Gasteiger partial charge in [0.05, 0.1) is 28.6 Å². The van der Waals surface area contributed by atoms with Gasteiger partial charge in [-0.15, -0.1) is 0 Å². The summed E-state index contributed by atoms with van der Waals surface area (Å²) in [7, 11) is -3.87. The highest BCUT2D eigenvalue weighted by Gasteiger charge is 2.31. The number of amides is 2. The number of sulfonamides is 1. The van der Waals surface area contributed by atoms with Crippen LogP contribution in [0.25, 0.3) is 0 Å². The van der Waals surface area contributed by atoms with Gasteiger partial charge in [-0.25, -0.2) is 8.42 Å². The molecule has 0 saturated heterocycles. The van der Waals surface area contributed by atoms with E-state index in [0.717, 1.165) is 17.0 Å². The van der Waals surface area contributed by atoms with Crippen LogP contribution in [-0.4, -0.2) is 57.1 Å². The fourth-order valence-electron chi connectivity index (χ4n) is 3.35. The molecule has 0 unspecified atom stereocenters. The van der Waals surface area contributed by atoms with Crippen molar-refractivity contribution in [1.82, 2.24) is 10.2 Å². The highest BCUT2D eigenvalue weighted by molar-refractivity contribution is 7.92. The third-order valence-corrected chi connectivity index (χ3v) is 7.03. The molecule has 0 aliphatic heterocycles. The van der Waals surface area contributed by atoms with Crippen molar-refractivity contribution >= 4 is 50.7 Å². The molecule has 35 heavy (non-hydrogen) atoms. The molecule has 0 bridgehead atoms. The molecular weight excluding hydrogens is 513 g/mol. The van der Waals surface area contributed by atoms with Crippen LogP contribution < -0.4 is 14.4 Å². The Morgan fingerprint density at radius 3 is 2.37 bits per heavy atom. The molecule has 0 saturated carbocycles. The first-order valence-electron chi connectivity index (χ1n) is 11.2. The van der Waals surface area contributed by atoms with E-state index < -0.39 is 28.5 Å². The second kappa shape index (κ2) is 13.0. The quantitative estimate of drug-likeness (QED) is 0.434. The zero-order chi connectivity index (χ0) is 26.2. The summed E-state index contributed by atoms with van der Waals surface area (Å²) in [5.41, 5.74) is 0.881. The number of benzene rings is 2. The van der Waals surface area contributed by atoms with Crippen molar-refractivity contribution in [2.45, 2.75) is 39.8 Å². The molecule has 0 aliphatic rings. The normalized spacial score (nSPS) is 12.1. The molecule has 0 heterocycles. The lowest BCUT2D eigenvalue weighted by molar-refractivity contribution is -0.139. The van der Waals surface area contributed by atoms with Crippen LogP contribution in [0.5, 0.6) is 5.75 Å². The smallest absolute Gasteiger partial charge is 0.244 e. The Balaban J connectivity index is 2.44. The molecule has 0 fully saturated rings. The number of nitrogens with zero attached hydrogens (tertiary/aromatic N) is 2. The average molecular weight is 545 g/mol. The van der Waals surface area contributed by atoms with E-state index in [1.165, 1.54) is 4.90 Å². The number of hydrogen-bond acceptors (Lipinski definition) is 5. The van der Waals surface area contributed by atoms with E-state index in [-0.39, 0.29) is 18.1 Å². The van der Waals surface area contributed by atoms with Crippen molar-refractivity contribution in [2.75, 3.05) is 30.3 Å². The lowest BCUT2D eigenvalue weighted by atomic mass is 10.1. The lowest BCUT2D eigenvalue weighted by Crippen LogP contribution is -2.51. The summed E-state index contributed by atoms with van der Waals surface area (Å²) < 4.78 is 32.0. The predicted octanol–water partition coefficient (Wildman–Crippen LogP) is 4.10. The van der Waals surface area contributed by atoms with Crippen LogP contribution in [0.2, 0.25) is 10.0 Å². The zero-order valence-corrected chi connectivity index (χ0v) is 22.6. The van der Waals surface area contributed by atoms with E-state index in [4.69, 9.17) is 27.9 Å². The first-order chi connectivity index (χ1) is 16.5. The van der Waals surface area contributed by atoms with Crippen LogP contribution in [0.4, 0.5) is 5.69 Å². The molecule has 0 radical (unpaired) electrons. The van der Waals surface area contributed by atoms with Crippen molar-refractivity contribution in [3.05, 3.63) is 58.1 Å². The van der Waals surface area contributed by atoms with Crippen LogP contribution in [0.1, 0.15) is 32.8 Å². The number of carbonyl (C=O) groups excluding carboxylic acids is 2. The maximum Gasteiger partial charge on any atom is 0.244 e. The summed E-state index contributed by atoms with van der Waals surface area (Å²) >= 11 is 12.2. The van der Waals surface area contributed by atoms with Gasteiger partial charge in [0.2, 0.25) is 21.8 Å². The Bertz CT molecular complexity index is 1140. The highest BCUT2D eigenvalue weighted by Crippen LogP contribution is 2.30. The molecular formula is C24H31Cl2N3O5S. The van der Waals surface area contributed by atoms with Gasteiger partial charge in [0.1, 0.15) is 18.3 Å². The molecule has 2 amide bonds. The van der Waals surface area contributed by atoms with Crippen molar-refractivity contribution in [1.29, 1.82) is 0 Å². The fourth-order valence-corrected chi connectivity index (χ4v) is 4.52. The van der Waals surface area contributed by atoms with Crippen molar-refractivity contribution in [2.24, 2.45) is 0 Å². The van der Waals surface area contributed by atoms with Crippen LogP contribution in [0.15, 0.2) is 42.5 Å². The third kappa shape index (κ3) is 8.02. The maximum atomic E-state index is 13.6. The Labute approximate surface area is 217 Å². The maximum absolute atomic E-state index is 13.6. The van der Waals surface area contributed by atoms with Gasteiger partial charge in [-0.1, -0.05) is 48.3 Å². The van der Waals surface area contributed by atoms with Crippen molar-refractivity contribution in [3.8, 4) is 5.75 Å². The van der Waals surface area contributed by atoms with Gasteiger partial charge in [0.25, 0.3) is 0 Å². The summed E-state index contributed by atoms with van der Waals surface area (Å²) in [5.74, 6) is -0.578. The number of rotatable bonds is 12. The molecule has 1 atom stereocenters. The molecule has 11 heteroatoms. The number of carbonyl (C=O) groups is 2. The third-order valence-electron chi connectivity index (χ3n) is 5.17. The minimum atomic E-state index is -3.87. The number of halogens is 2. The number of ether oxygens (including phenoxy) is 1. The molecule has 2 aromatic carbocycles. The molecule has 8 nitrogen and oxygen atoms in total. The van der Waals surface area contributed by atoms with Gasteiger partial charge < -0.3 is 15.0 Å². The molecule has 0 aromatic heterocycles. The molecule has 0 spiro atoms. The summed E-state index contributed by atoms with van der Waals surface area (Å²) in [6.45, 7) is 5.58. The van der Waals surface area contributed by atoms with E-state index in [1.807, 2.05) is 6.92 Å². The van der Waals surface area contributed by atoms with Crippen LogP contribution in [0, 0.1) is 0 Å². The van der Waals surface area contributed by atoms with Crippen molar-refractivity contribution < 1.29 is 22.7 Å². The first-order valence-corrected chi connectivity index (χ1v) is 13.8. The topological polar surface area (TPSA) is 96.0 Å². The van der Waals surface area contributed by atoms with Gasteiger partial charge in [0.15, 0.2) is 0 Å². The second-order valence-electron chi connectivity index (χ2n) is 7.91. The van der Waals surface area contributed by atoms with Gasteiger partial charge in [-0.3, -0.25) is 13.9 Å². The Morgan fingerprint density at radius 2 is 1.77 bits per heavy atom. The average Bonchev–Trinajstić information content (AvgIpc) is 2.81. The Kier molecular flexibility index (Phi) is 10.7. The Morgan fingerprint density at radius 1 is 1.09 bits per heavy atom. The second-order valence-corrected chi connectivity index (χ2v) is 10.6.